The Bertz CT molecular complexity index is 1730. The first-order valence-electron chi connectivity index (χ1n) is 15.1. The number of rotatable bonds is 14. The second kappa shape index (κ2) is 15.8. The Labute approximate surface area is 277 Å². The molecule has 46 heavy (non-hydrogen) atoms. The van der Waals surface area contributed by atoms with E-state index in [1.165, 1.54) is 24.1 Å². The van der Waals surface area contributed by atoms with E-state index < -0.39 is 28.5 Å². The van der Waals surface area contributed by atoms with E-state index in [4.69, 9.17) is 16.3 Å². The highest BCUT2D eigenvalue weighted by Gasteiger charge is 2.35. The molecule has 8 nitrogen and oxygen atoms in total. The predicted octanol–water partition coefficient (Wildman–Crippen LogP) is 6.41. The Morgan fingerprint density at radius 2 is 1.57 bits per heavy atom. The summed E-state index contributed by atoms with van der Waals surface area (Å²) in [6.45, 7) is 5.20. The topological polar surface area (TPSA) is 96.0 Å². The van der Waals surface area contributed by atoms with E-state index >= 15 is 0 Å². The van der Waals surface area contributed by atoms with Gasteiger partial charge in [0.2, 0.25) is 11.8 Å². The molecule has 1 N–H and O–H groups in total. The number of aryl methyl sites for hydroxylation is 1. The third kappa shape index (κ3) is 8.89. The number of halogens is 1. The predicted molar refractivity (Wildman–Crippen MR) is 183 cm³/mol. The van der Waals surface area contributed by atoms with Crippen LogP contribution in [0.15, 0.2) is 108 Å². The van der Waals surface area contributed by atoms with Crippen LogP contribution in [0.3, 0.4) is 0 Å². The van der Waals surface area contributed by atoms with E-state index in [2.05, 4.69) is 5.32 Å². The third-order valence-corrected chi connectivity index (χ3v) is 9.77. The molecule has 4 aromatic carbocycles. The lowest BCUT2D eigenvalue weighted by Crippen LogP contribution is -2.54. The van der Waals surface area contributed by atoms with Gasteiger partial charge in [-0.05, 0) is 67.8 Å². The molecule has 0 aliphatic rings. The van der Waals surface area contributed by atoms with Crippen LogP contribution in [-0.4, -0.2) is 50.9 Å². The largest absolute Gasteiger partial charge is 0.497 e. The summed E-state index contributed by atoms with van der Waals surface area (Å²) < 4.78 is 34.9. The van der Waals surface area contributed by atoms with E-state index in [1.807, 2.05) is 57.2 Å². The van der Waals surface area contributed by atoms with Gasteiger partial charge in [-0.2, -0.15) is 0 Å². The number of hydrogen-bond acceptors (Lipinski definition) is 5. The molecule has 2 atom stereocenters. The van der Waals surface area contributed by atoms with Crippen molar-refractivity contribution in [3.8, 4) is 5.75 Å². The van der Waals surface area contributed by atoms with Gasteiger partial charge >= 0.3 is 0 Å². The number of sulfonamides is 1. The fourth-order valence-corrected chi connectivity index (χ4v) is 6.58. The van der Waals surface area contributed by atoms with E-state index in [1.54, 1.807) is 54.6 Å². The average molecular weight is 662 g/mol. The van der Waals surface area contributed by atoms with Crippen molar-refractivity contribution < 1.29 is 22.7 Å². The maximum absolute atomic E-state index is 14.6. The SMILES string of the molecule is CC[C@H](C)NC(=O)[C@@H](Cc1ccccc1)N(Cc1cccc(Cl)c1)C(=O)CN(c1cccc(OC)c1)S(=O)(=O)c1ccc(C)cc1. The van der Waals surface area contributed by atoms with Gasteiger partial charge in [0.05, 0.1) is 17.7 Å². The van der Waals surface area contributed by atoms with Crippen LogP contribution in [-0.2, 0) is 32.6 Å². The molecule has 0 saturated carbocycles. The summed E-state index contributed by atoms with van der Waals surface area (Å²) in [5, 5.41) is 3.52. The van der Waals surface area contributed by atoms with Gasteiger partial charge in [-0.3, -0.25) is 13.9 Å². The Hall–Kier alpha value is -4.34. The molecule has 0 heterocycles. The number of methoxy groups -OCH3 is 1. The molecule has 10 heteroatoms. The quantitative estimate of drug-likeness (QED) is 0.169. The van der Waals surface area contributed by atoms with Gasteiger partial charge in [0.25, 0.3) is 10.0 Å². The van der Waals surface area contributed by atoms with E-state index in [0.29, 0.717) is 22.8 Å². The van der Waals surface area contributed by atoms with Crippen LogP contribution in [0, 0.1) is 6.92 Å². The van der Waals surface area contributed by atoms with Crippen molar-refractivity contribution in [1.29, 1.82) is 0 Å². The number of nitrogens with one attached hydrogen (secondary N) is 1. The summed E-state index contributed by atoms with van der Waals surface area (Å²) in [5.74, 6) is -0.457. The van der Waals surface area contributed by atoms with Crippen molar-refractivity contribution in [2.75, 3.05) is 18.0 Å². The molecule has 4 rings (SSSR count). The summed E-state index contributed by atoms with van der Waals surface area (Å²) in [5.41, 5.74) is 2.70. The number of carbonyl (C=O) groups is 2. The molecule has 2 amide bonds. The standard InChI is InChI=1S/C36H40ClN3O5S/c1-5-27(3)38-36(42)34(22-28-11-7-6-8-12-28)39(24-29-13-9-14-30(37)21-29)35(41)25-40(31-15-10-16-32(23-31)45-4)46(43,44)33-19-17-26(2)18-20-33/h6-21,23,27,34H,5,22,24-25H2,1-4H3,(H,38,42)/t27-,34+/m0/s1. The smallest absolute Gasteiger partial charge is 0.264 e. The van der Waals surface area contributed by atoms with Crippen molar-refractivity contribution in [3.05, 3.63) is 125 Å². The third-order valence-electron chi connectivity index (χ3n) is 7.74. The van der Waals surface area contributed by atoms with Crippen LogP contribution in [0.1, 0.15) is 37.0 Å². The molecule has 4 aromatic rings. The molecular formula is C36H40ClN3O5S. The molecule has 0 aromatic heterocycles. The van der Waals surface area contributed by atoms with Gasteiger partial charge in [-0.1, -0.05) is 84.8 Å². The zero-order valence-corrected chi connectivity index (χ0v) is 28.1. The Balaban J connectivity index is 1.82. The number of benzene rings is 4. The first kappa shape index (κ1) is 34.5. The minimum Gasteiger partial charge on any atom is -0.497 e. The van der Waals surface area contributed by atoms with E-state index in [0.717, 1.165) is 15.4 Å². The van der Waals surface area contributed by atoms with Crippen LogP contribution in [0.2, 0.25) is 5.02 Å². The number of carbonyl (C=O) groups excluding carboxylic acids is 2. The van der Waals surface area contributed by atoms with Crippen LogP contribution in [0.25, 0.3) is 0 Å². The number of hydrogen-bond donors (Lipinski definition) is 1. The summed E-state index contributed by atoms with van der Waals surface area (Å²) in [7, 11) is -2.74. The van der Waals surface area contributed by atoms with Gasteiger partial charge in [-0.25, -0.2) is 8.42 Å². The lowest BCUT2D eigenvalue weighted by atomic mass is 10.0. The molecule has 0 fully saturated rings. The fraction of sp³-hybridized carbons (Fsp3) is 0.278. The normalized spacial score (nSPS) is 12.5. The lowest BCUT2D eigenvalue weighted by molar-refractivity contribution is -0.140. The van der Waals surface area contributed by atoms with Gasteiger partial charge in [-0.15, -0.1) is 0 Å². The molecule has 0 saturated heterocycles. The first-order chi connectivity index (χ1) is 22.0. The van der Waals surface area contributed by atoms with Crippen molar-refractivity contribution in [1.82, 2.24) is 10.2 Å². The minimum absolute atomic E-state index is 0.0291. The summed E-state index contributed by atoms with van der Waals surface area (Å²) in [6.07, 6.45) is 0.920. The molecule has 0 radical (unpaired) electrons. The number of amides is 2. The number of nitrogens with zero attached hydrogens (tertiary/aromatic N) is 2. The second-order valence-corrected chi connectivity index (χ2v) is 13.5. The van der Waals surface area contributed by atoms with Gasteiger partial charge in [0.1, 0.15) is 18.3 Å². The highest BCUT2D eigenvalue weighted by Crippen LogP contribution is 2.28. The molecule has 0 aliphatic heterocycles. The molecular weight excluding hydrogens is 622 g/mol. The zero-order valence-electron chi connectivity index (χ0n) is 26.5. The van der Waals surface area contributed by atoms with Crippen LogP contribution in [0.4, 0.5) is 5.69 Å². The van der Waals surface area contributed by atoms with Crippen LogP contribution in [0.5, 0.6) is 5.75 Å². The molecule has 0 unspecified atom stereocenters. The van der Waals surface area contributed by atoms with Crippen LogP contribution < -0.4 is 14.4 Å². The fourth-order valence-electron chi connectivity index (χ4n) is 4.96. The van der Waals surface area contributed by atoms with Gasteiger partial charge in [0.15, 0.2) is 0 Å². The highest BCUT2D eigenvalue weighted by atomic mass is 35.5. The van der Waals surface area contributed by atoms with Gasteiger partial charge < -0.3 is 15.0 Å². The molecule has 0 bridgehead atoms. The number of anilines is 1. The van der Waals surface area contributed by atoms with E-state index in [-0.39, 0.29) is 35.5 Å². The second-order valence-electron chi connectivity index (χ2n) is 11.2. The maximum Gasteiger partial charge on any atom is 0.264 e. The van der Waals surface area contributed by atoms with Crippen molar-refractivity contribution >= 4 is 39.1 Å². The maximum atomic E-state index is 14.6. The van der Waals surface area contributed by atoms with Gasteiger partial charge in [0, 0.05) is 30.1 Å². The molecule has 0 spiro atoms. The van der Waals surface area contributed by atoms with Crippen molar-refractivity contribution in [2.24, 2.45) is 0 Å². The Kier molecular flexibility index (Phi) is 11.8. The summed E-state index contributed by atoms with van der Waals surface area (Å²) >= 11 is 6.32. The lowest BCUT2D eigenvalue weighted by Gasteiger charge is -2.34. The monoisotopic (exact) mass is 661 g/mol. The summed E-state index contributed by atoms with van der Waals surface area (Å²) in [4.78, 5) is 30.0. The molecule has 242 valence electrons. The van der Waals surface area contributed by atoms with E-state index in [9.17, 15) is 18.0 Å². The van der Waals surface area contributed by atoms with Crippen molar-refractivity contribution in [3.63, 3.8) is 0 Å². The summed E-state index contributed by atoms with van der Waals surface area (Å²) in [6, 6.07) is 28.4. The highest BCUT2D eigenvalue weighted by molar-refractivity contribution is 7.92. The van der Waals surface area contributed by atoms with Crippen LogP contribution >= 0.6 is 11.6 Å². The Morgan fingerprint density at radius 1 is 0.891 bits per heavy atom. The minimum atomic E-state index is -4.22. The zero-order chi connectivity index (χ0) is 33.3. The first-order valence-corrected chi connectivity index (χ1v) is 16.9. The number of ether oxygens (including phenoxy) is 1. The average Bonchev–Trinajstić information content (AvgIpc) is 3.05. The molecule has 0 aliphatic carbocycles. The van der Waals surface area contributed by atoms with Crippen molar-refractivity contribution in [2.45, 2.75) is 57.1 Å². The Morgan fingerprint density at radius 3 is 2.22 bits per heavy atom.